The monoisotopic (exact) mass is 350 g/mol. The SMILES string of the molecule is O=C(c1ccc(N2CCCCC2)cc1)N1CCNCC1c1cccnc1. The van der Waals surface area contributed by atoms with Crippen LogP contribution in [0.15, 0.2) is 48.8 Å². The smallest absolute Gasteiger partial charge is 0.254 e. The summed E-state index contributed by atoms with van der Waals surface area (Å²) < 4.78 is 0. The van der Waals surface area contributed by atoms with Gasteiger partial charge in [0.25, 0.3) is 5.91 Å². The van der Waals surface area contributed by atoms with E-state index >= 15 is 0 Å². The Morgan fingerprint density at radius 1 is 1.04 bits per heavy atom. The molecule has 5 nitrogen and oxygen atoms in total. The predicted molar refractivity (Wildman–Crippen MR) is 103 cm³/mol. The van der Waals surface area contributed by atoms with Gasteiger partial charge in [-0.1, -0.05) is 6.07 Å². The number of hydrogen-bond acceptors (Lipinski definition) is 4. The van der Waals surface area contributed by atoms with Crippen LogP contribution in [0.5, 0.6) is 0 Å². The number of benzene rings is 1. The lowest BCUT2D eigenvalue weighted by molar-refractivity contribution is 0.0634. The maximum absolute atomic E-state index is 13.1. The van der Waals surface area contributed by atoms with E-state index in [9.17, 15) is 4.79 Å². The number of anilines is 1. The van der Waals surface area contributed by atoms with Crippen LogP contribution in [0, 0.1) is 0 Å². The third-order valence-corrected chi connectivity index (χ3v) is 5.41. The number of nitrogens with one attached hydrogen (secondary N) is 1. The first-order valence-electron chi connectivity index (χ1n) is 9.59. The van der Waals surface area contributed by atoms with Crippen molar-refractivity contribution in [3.63, 3.8) is 0 Å². The Morgan fingerprint density at radius 2 is 1.85 bits per heavy atom. The van der Waals surface area contributed by atoms with E-state index in [1.165, 1.54) is 24.9 Å². The molecule has 3 heterocycles. The minimum Gasteiger partial charge on any atom is -0.372 e. The standard InChI is InChI=1S/C21H26N4O/c26-21(17-6-8-19(9-7-17)24-12-2-1-3-13-24)25-14-11-23-16-20(25)18-5-4-10-22-15-18/h4-10,15,20,23H,1-3,11-14,16H2. The number of carbonyl (C=O) groups is 1. The van der Waals surface area contributed by atoms with E-state index in [0.717, 1.165) is 37.3 Å². The zero-order valence-corrected chi connectivity index (χ0v) is 15.1. The van der Waals surface area contributed by atoms with Crippen LogP contribution in [0.2, 0.25) is 0 Å². The van der Waals surface area contributed by atoms with Gasteiger partial charge in [-0.15, -0.1) is 0 Å². The summed E-state index contributed by atoms with van der Waals surface area (Å²) in [5, 5.41) is 3.39. The second-order valence-electron chi connectivity index (χ2n) is 7.10. The zero-order valence-electron chi connectivity index (χ0n) is 15.1. The largest absolute Gasteiger partial charge is 0.372 e. The van der Waals surface area contributed by atoms with E-state index in [1.807, 2.05) is 35.4 Å². The first-order valence-corrected chi connectivity index (χ1v) is 9.59. The zero-order chi connectivity index (χ0) is 17.8. The molecule has 0 aliphatic carbocycles. The number of hydrogen-bond donors (Lipinski definition) is 1. The van der Waals surface area contributed by atoms with Gasteiger partial charge < -0.3 is 15.1 Å². The summed E-state index contributed by atoms with van der Waals surface area (Å²) in [7, 11) is 0. The maximum Gasteiger partial charge on any atom is 0.254 e. The maximum atomic E-state index is 13.1. The molecule has 2 aromatic rings. The molecule has 4 rings (SSSR count). The van der Waals surface area contributed by atoms with E-state index in [4.69, 9.17) is 0 Å². The molecule has 2 fully saturated rings. The van der Waals surface area contributed by atoms with Gasteiger partial charge in [-0.05, 0) is 55.2 Å². The first-order chi connectivity index (χ1) is 12.8. The summed E-state index contributed by atoms with van der Waals surface area (Å²) in [4.78, 5) is 21.7. The molecule has 26 heavy (non-hydrogen) atoms. The number of piperazine rings is 1. The summed E-state index contributed by atoms with van der Waals surface area (Å²) in [6.45, 7) is 4.55. The second kappa shape index (κ2) is 7.87. The van der Waals surface area contributed by atoms with Gasteiger partial charge in [0.15, 0.2) is 0 Å². The molecule has 0 saturated carbocycles. The fourth-order valence-corrected chi connectivity index (χ4v) is 3.95. The fourth-order valence-electron chi connectivity index (χ4n) is 3.95. The van der Waals surface area contributed by atoms with Crippen molar-refractivity contribution in [2.75, 3.05) is 37.6 Å². The molecular weight excluding hydrogens is 324 g/mol. The third-order valence-electron chi connectivity index (χ3n) is 5.41. The predicted octanol–water partition coefficient (Wildman–Crippen LogP) is 2.86. The van der Waals surface area contributed by atoms with Crippen molar-refractivity contribution in [3.05, 3.63) is 59.9 Å². The highest BCUT2D eigenvalue weighted by Crippen LogP contribution is 2.25. The van der Waals surface area contributed by atoms with Crippen molar-refractivity contribution in [2.45, 2.75) is 25.3 Å². The Labute approximate surface area is 155 Å². The van der Waals surface area contributed by atoms with Crippen LogP contribution < -0.4 is 10.2 Å². The average molecular weight is 350 g/mol. The van der Waals surface area contributed by atoms with E-state index in [1.54, 1.807) is 6.20 Å². The highest BCUT2D eigenvalue weighted by Gasteiger charge is 2.28. The summed E-state index contributed by atoms with van der Waals surface area (Å²) in [6, 6.07) is 12.2. The molecule has 1 amide bonds. The topological polar surface area (TPSA) is 48.5 Å². The number of rotatable bonds is 3. The normalized spacial score (nSPS) is 20.8. The Balaban J connectivity index is 1.52. The van der Waals surface area contributed by atoms with Gasteiger partial charge in [0, 0.05) is 56.4 Å². The van der Waals surface area contributed by atoms with Crippen molar-refractivity contribution in [1.29, 1.82) is 0 Å². The lowest BCUT2D eigenvalue weighted by Crippen LogP contribution is -2.48. The number of carbonyl (C=O) groups excluding carboxylic acids is 1. The molecule has 5 heteroatoms. The molecule has 1 N–H and O–H groups in total. The summed E-state index contributed by atoms with van der Waals surface area (Å²) >= 11 is 0. The molecule has 2 aliphatic heterocycles. The molecule has 1 atom stereocenters. The quantitative estimate of drug-likeness (QED) is 0.925. The summed E-state index contributed by atoms with van der Waals surface area (Å²) in [5.41, 5.74) is 3.07. The molecule has 1 aromatic carbocycles. The summed E-state index contributed by atoms with van der Waals surface area (Å²) in [6.07, 6.45) is 7.47. The molecular formula is C21H26N4O. The number of piperidine rings is 1. The average Bonchev–Trinajstić information content (AvgIpc) is 2.75. The number of nitrogens with zero attached hydrogens (tertiary/aromatic N) is 3. The lowest BCUT2D eigenvalue weighted by Gasteiger charge is -2.36. The van der Waals surface area contributed by atoms with Gasteiger partial charge in [0.1, 0.15) is 0 Å². The molecule has 2 saturated heterocycles. The van der Waals surface area contributed by atoms with Crippen LogP contribution >= 0.6 is 0 Å². The first kappa shape index (κ1) is 17.0. The fraction of sp³-hybridized carbons (Fsp3) is 0.429. The Bertz CT molecular complexity index is 725. The minimum atomic E-state index is 0.0340. The number of amides is 1. The van der Waals surface area contributed by atoms with Gasteiger partial charge in [0.05, 0.1) is 6.04 Å². The highest BCUT2D eigenvalue weighted by molar-refractivity contribution is 5.95. The van der Waals surface area contributed by atoms with Crippen molar-refractivity contribution in [3.8, 4) is 0 Å². The molecule has 0 spiro atoms. The van der Waals surface area contributed by atoms with Crippen LogP contribution in [-0.2, 0) is 0 Å². The molecule has 136 valence electrons. The van der Waals surface area contributed by atoms with Gasteiger partial charge in [-0.3, -0.25) is 9.78 Å². The molecule has 0 bridgehead atoms. The second-order valence-corrected chi connectivity index (χ2v) is 7.10. The molecule has 2 aliphatic rings. The third kappa shape index (κ3) is 3.58. The number of pyridine rings is 1. The van der Waals surface area contributed by atoms with E-state index in [0.29, 0.717) is 6.54 Å². The van der Waals surface area contributed by atoms with E-state index in [-0.39, 0.29) is 11.9 Å². The van der Waals surface area contributed by atoms with Crippen molar-refractivity contribution in [2.24, 2.45) is 0 Å². The van der Waals surface area contributed by atoms with E-state index in [2.05, 4.69) is 27.3 Å². The Morgan fingerprint density at radius 3 is 2.58 bits per heavy atom. The van der Waals surface area contributed by atoms with Crippen LogP contribution in [0.3, 0.4) is 0 Å². The Hall–Kier alpha value is -2.40. The summed E-state index contributed by atoms with van der Waals surface area (Å²) in [5.74, 6) is 0.102. The highest BCUT2D eigenvalue weighted by atomic mass is 16.2. The van der Waals surface area contributed by atoms with Crippen LogP contribution in [0.25, 0.3) is 0 Å². The van der Waals surface area contributed by atoms with Crippen LogP contribution in [0.1, 0.15) is 41.2 Å². The van der Waals surface area contributed by atoms with Gasteiger partial charge in [-0.2, -0.15) is 0 Å². The van der Waals surface area contributed by atoms with Crippen LogP contribution in [-0.4, -0.2) is 48.5 Å². The Kier molecular flexibility index (Phi) is 5.16. The number of aromatic nitrogens is 1. The minimum absolute atomic E-state index is 0.0340. The van der Waals surface area contributed by atoms with Crippen molar-refractivity contribution >= 4 is 11.6 Å². The van der Waals surface area contributed by atoms with Gasteiger partial charge in [0.2, 0.25) is 0 Å². The van der Waals surface area contributed by atoms with Crippen molar-refractivity contribution in [1.82, 2.24) is 15.2 Å². The molecule has 0 radical (unpaired) electrons. The van der Waals surface area contributed by atoms with E-state index < -0.39 is 0 Å². The van der Waals surface area contributed by atoms with Gasteiger partial charge >= 0.3 is 0 Å². The van der Waals surface area contributed by atoms with Gasteiger partial charge in [-0.25, -0.2) is 0 Å². The van der Waals surface area contributed by atoms with Crippen LogP contribution in [0.4, 0.5) is 5.69 Å². The van der Waals surface area contributed by atoms with Crippen molar-refractivity contribution < 1.29 is 4.79 Å². The lowest BCUT2D eigenvalue weighted by atomic mass is 10.0. The molecule has 1 unspecified atom stereocenters. The molecule has 1 aromatic heterocycles.